The van der Waals surface area contributed by atoms with Crippen molar-refractivity contribution in [1.29, 1.82) is 5.26 Å². The average molecular weight is 199 g/mol. The molecule has 15 heavy (non-hydrogen) atoms. The molecule has 0 aromatic heterocycles. The minimum atomic E-state index is -0.182. The molecule has 0 aliphatic carbocycles. The van der Waals surface area contributed by atoms with Gasteiger partial charge in [-0.2, -0.15) is 5.26 Å². The molecular weight excluding hydrogens is 190 g/mol. The smallest absolute Gasteiger partial charge is 0.165 e. The van der Waals surface area contributed by atoms with Crippen molar-refractivity contribution in [2.75, 3.05) is 0 Å². The van der Waals surface area contributed by atoms with Crippen molar-refractivity contribution in [3.63, 3.8) is 0 Å². The number of benzene rings is 2. The third-order valence-corrected chi connectivity index (χ3v) is 2.35. The second kappa shape index (κ2) is 3.50. The minimum absolute atomic E-state index is 0.132. The number of phenols is 2. The number of fused-ring (bicyclic) bond motifs is 1. The summed E-state index contributed by atoms with van der Waals surface area (Å²) < 4.78 is 0. The van der Waals surface area contributed by atoms with E-state index < -0.39 is 0 Å². The first-order chi connectivity index (χ1) is 7.24. The van der Waals surface area contributed by atoms with E-state index in [9.17, 15) is 10.2 Å². The van der Waals surface area contributed by atoms with Crippen LogP contribution in [0.3, 0.4) is 0 Å². The van der Waals surface area contributed by atoms with Gasteiger partial charge in [-0.15, -0.1) is 0 Å². The van der Waals surface area contributed by atoms with Crippen LogP contribution in [0.2, 0.25) is 0 Å². The molecule has 0 aliphatic rings. The van der Waals surface area contributed by atoms with Gasteiger partial charge >= 0.3 is 0 Å². The number of aromatic hydroxyl groups is 2. The lowest BCUT2D eigenvalue weighted by Crippen LogP contribution is -1.85. The molecule has 2 aromatic rings. The Morgan fingerprint density at radius 2 is 1.80 bits per heavy atom. The molecule has 0 bridgehead atoms. The zero-order valence-electron chi connectivity index (χ0n) is 7.94. The molecule has 2 N–H and O–H groups in total. The zero-order valence-corrected chi connectivity index (χ0v) is 7.94. The van der Waals surface area contributed by atoms with Crippen molar-refractivity contribution in [3.05, 3.63) is 35.9 Å². The maximum atomic E-state index is 9.62. The highest BCUT2D eigenvalue weighted by atomic mass is 16.3. The van der Waals surface area contributed by atoms with Crippen LogP contribution < -0.4 is 0 Å². The van der Waals surface area contributed by atoms with Crippen LogP contribution in [0.25, 0.3) is 10.8 Å². The van der Waals surface area contributed by atoms with E-state index in [4.69, 9.17) is 5.26 Å². The predicted molar refractivity (Wildman–Crippen MR) is 56.6 cm³/mol. The Kier molecular flexibility index (Phi) is 2.18. The van der Waals surface area contributed by atoms with Gasteiger partial charge in [0.15, 0.2) is 11.5 Å². The number of nitriles is 1. The third-order valence-electron chi connectivity index (χ3n) is 2.35. The molecule has 0 saturated carbocycles. The van der Waals surface area contributed by atoms with Crippen molar-refractivity contribution in [3.8, 4) is 17.6 Å². The maximum Gasteiger partial charge on any atom is 0.165 e. The Hall–Kier alpha value is -2.21. The Balaban J connectivity index is 2.83. The Morgan fingerprint density at radius 1 is 1.13 bits per heavy atom. The summed E-state index contributed by atoms with van der Waals surface area (Å²) in [4.78, 5) is 0. The fourth-order valence-corrected chi connectivity index (χ4v) is 1.65. The fourth-order valence-electron chi connectivity index (χ4n) is 1.65. The number of hydrogen-bond acceptors (Lipinski definition) is 3. The molecule has 0 heterocycles. The second-order valence-corrected chi connectivity index (χ2v) is 3.28. The van der Waals surface area contributed by atoms with Gasteiger partial charge in [0.25, 0.3) is 0 Å². The van der Waals surface area contributed by atoms with Crippen LogP contribution in [-0.4, -0.2) is 10.2 Å². The van der Waals surface area contributed by atoms with Crippen molar-refractivity contribution < 1.29 is 10.2 Å². The van der Waals surface area contributed by atoms with Crippen LogP contribution in [0, 0.1) is 11.3 Å². The first-order valence-electron chi connectivity index (χ1n) is 4.53. The van der Waals surface area contributed by atoms with Crippen LogP contribution in [0.15, 0.2) is 30.3 Å². The molecule has 3 heteroatoms. The zero-order chi connectivity index (χ0) is 10.8. The SMILES string of the molecule is N#CCc1cc(O)c(O)c2ccccc12. The number of hydrogen-bond donors (Lipinski definition) is 2. The molecule has 74 valence electrons. The van der Waals surface area contributed by atoms with E-state index in [1.807, 2.05) is 18.2 Å². The molecule has 0 atom stereocenters. The highest BCUT2D eigenvalue weighted by molar-refractivity contribution is 5.93. The molecule has 3 nitrogen and oxygen atoms in total. The summed E-state index contributed by atoms with van der Waals surface area (Å²) in [5.41, 5.74) is 0.725. The lowest BCUT2D eigenvalue weighted by atomic mass is 10.0. The van der Waals surface area contributed by atoms with E-state index in [1.54, 1.807) is 12.1 Å². The van der Waals surface area contributed by atoms with Crippen LogP contribution in [-0.2, 0) is 6.42 Å². The third kappa shape index (κ3) is 1.46. The largest absolute Gasteiger partial charge is 0.504 e. The molecular formula is C12H9NO2. The lowest BCUT2D eigenvalue weighted by molar-refractivity contribution is 0.408. The van der Waals surface area contributed by atoms with Gasteiger partial charge in [0, 0.05) is 5.39 Å². The standard InChI is InChI=1S/C12H9NO2/c13-6-5-8-7-11(14)12(15)10-4-2-1-3-9(8)10/h1-4,7,14-15H,5H2. The van der Waals surface area contributed by atoms with Crippen LogP contribution >= 0.6 is 0 Å². The highest BCUT2D eigenvalue weighted by Gasteiger charge is 2.09. The van der Waals surface area contributed by atoms with E-state index in [1.165, 1.54) is 6.07 Å². The van der Waals surface area contributed by atoms with Crippen LogP contribution in [0.1, 0.15) is 5.56 Å². The van der Waals surface area contributed by atoms with Gasteiger partial charge < -0.3 is 10.2 Å². The topological polar surface area (TPSA) is 64.2 Å². The molecule has 0 saturated heterocycles. The van der Waals surface area contributed by atoms with Crippen molar-refractivity contribution in [2.45, 2.75) is 6.42 Å². The molecule has 0 spiro atoms. The minimum Gasteiger partial charge on any atom is -0.504 e. The number of phenolic OH excluding ortho intramolecular Hbond substituents is 2. The van der Waals surface area contributed by atoms with Gasteiger partial charge in [-0.1, -0.05) is 24.3 Å². The molecule has 0 fully saturated rings. The summed E-state index contributed by atoms with van der Waals surface area (Å²) in [6.45, 7) is 0. The molecule has 0 radical (unpaired) electrons. The van der Waals surface area contributed by atoms with Crippen molar-refractivity contribution in [1.82, 2.24) is 0 Å². The van der Waals surface area contributed by atoms with Gasteiger partial charge in [-0.3, -0.25) is 0 Å². The normalized spacial score (nSPS) is 10.1. The molecule has 2 rings (SSSR count). The summed E-state index contributed by atoms with van der Waals surface area (Å²) in [7, 11) is 0. The van der Waals surface area contributed by atoms with Crippen molar-refractivity contribution >= 4 is 10.8 Å². The van der Waals surface area contributed by atoms with E-state index in [0.717, 1.165) is 10.9 Å². The fraction of sp³-hybridized carbons (Fsp3) is 0.0833. The summed E-state index contributed by atoms with van der Waals surface area (Å²) in [6, 6.07) is 10.6. The first-order valence-corrected chi connectivity index (χ1v) is 4.53. The molecule has 0 amide bonds. The Bertz CT molecular complexity index is 555. The monoisotopic (exact) mass is 199 g/mol. The van der Waals surface area contributed by atoms with Gasteiger partial charge in [0.1, 0.15) is 0 Å². The quantitative estimate of drug-likeness (QED) is 0.692. The van der Waals surface area contributed by atoms with Crippen LogP contribution in [0.4, 0.5) is 0 Å². The summed E-state index contributed by atoms with van der Waals surface area (Å²) in [5.74, 6) is -0.314. The number of rotatable bonds is 1. The highest BCUT2D eigenvalue weighted by Crippen LogP contribution is 2.35. The summed E-state index contributed by atoms with van der Waals surface area (Å²) in [6.07, 6.45) is 0.217. The van der Waals surface area contributed by atoms with E-state index in [-0.39, 0.29) is 17.9 Å². The van der Waals surface area contributed by atoms with Gasteiger partial charge in [0.05, 0.1) is 12.5 Å². The molecule has 0 unspecified atom stereocenters. The Labute approximate surface area is 86.8 Å². The maximum absolute atomic E-state index is 9.62. The van der Waals surface area contributed by atoms with Crippen LogP contribution in [0.5, 0.6) is 11.5 Å². The average Bonchev–Trinajstić information content (AvgIpc) is 2.26. The van der Waals surface area contributed by atoms with Gasteiger partial charge in [-0.25, -0.2) is 0 Å². The van der Waals surface area contributed by atoms with Gasteiger partial charge in [0.2, 0.25) is 0 Å². The predicted octanol–water partition coefficient (Wildman–Crippen LogP) is 2.32. The van der Waals surface area contributed by atoms with Crippen molar-refractivity contribution in [2.24, 2.45) is 0 Å². The van der Waals surface area contributed by atoms with E-state index in [0.29, 0.717) is 5.39 Å². The second-order valence-electron chi connectivity index (χ2n) is 3.28. The number of nitrogens with zero attached hydrogens (tertiary/aromatic N) is 1. The Morgan fingerprint density at radius 3 is 2.47 bits per heavy atom. The molecule has 0 aliphatic heterocycles. The van der Waals surface area contributed by atoms with E-state index >= 15 is 0 Å². The molecule has 2 aromatic carbocycles. The lowest BCUT2D eigenvalue weighted by Gasteiger charge is -2.07. The first kappa shape index (κ1) is 9.35. The summed E-state index contributed by atoms with van der Waals surface area (Å²) >= 11 is 0. The van der Waals surface area contributed by atoms with Gasteiger partial charge in [-0.05, 0) is 17.0 Å². The summed E-state index contributed by atoms with van der Waals surface area (Å²) in [5, 5.41) is 29.1. The van der Waals surface area contributed by atoms with E-state index in [2.05, 4.69) is 0 Å².